The number of rotatable bonds is 1. The first-order valence-electron chi connectivity index (χ1n) is 5.83. The Bertz CT molecular complexity index is 735. The standard InChI is InChI=1S/C15H10ClNO2/c1-9-3-2-4-10(7-9)14-15(18)12-6-5-11(16)8-13(12)17(14)19/h2-8H,1H3. The van der Waals surface area contributed by atoms with Crippen molar-refractivity contribution in [2.45, 2.75) is 6.92 Å². The Morgan fingerprint density at radius 2 is 1.95 bits per heavy atom. The molecule has 0 N–H and O–H groups in total. The van der Waals surface area contributed by atoms with Crippen LogP contribution in [0.2, 0.25) is 5.02 Å². The highest BCUT2D eigenvalue weighted by Crippen LogP contribution is 2.30. The van der Waals surface area contributed by atoms with E-state index in [9.17, 15) is 10.0 Å². The third-order valence-corrected chi connectivity index (χ3v) is 3.37. The second kappa shape index (κ2) is 4.21. The molecule has 1 aliphatic rings. The number of hydrogen-bond acceptors (Lipinski definition) is 2. The van der Waals surface area contributed by atoms with Crippen molar-refractivity contribution >= 4 is 28.8 Å². The Labute approximate surface area is 115 Å². The summed E-state index contributed by atoms with van der Waals surface area (Å²) in [7, 11) is 0. The second-order valence-corrected chi connectivity index (χ2v) is 4.94. The maximum atomic E-state index is 12.3. The van der Waals surface area contributed by atoms with Gasteiger partial charge >= 0.3 is 0 Å². The summed E-state index contributed by atoms with van der Waals surface area (Å²) in [5, 5.41) is 12.7. The van der Waals surface area contributed by atoms with Gasteiger partial charge in [0.15, 0.2) is 0 Å². The first-order chi connectivity index (χ1) is 9.08. The van der Waals surface area contributed by atoms with E-state index in [1.54, 1.807) is 18.2 Å². The van der Waals surface area contributed by atoms with Gasteiger partial charge in [-0.2, -0.15) is 4.74 Å². The molecule has 0 aliphatic carbocycles. The van der Waals surface area contributed by atoms with E-state index in [2.05, 4.69) is 0 Å². The van der Waals surface area contributed by atoms with Crippen molar-refractivity contribution in [2.75, 3.05) is 0 Å². The van der Waals surface area contributed by atoms with E-state index < -0.39 is 0 Å². The minimum atomic E-state index is -0.257. The fourth-order valence-electron chi connectivity index (χ4n) is 2.25. The van der Waals surface area contributed by atoms with Gasteiger partial charge in [0.1, 0.15) is 5.56 Å². The molecular weight excluding hydrogens is 262 g/mol. The highest BCUT2D eigenvalue weighted by molar-refractivity contribution is 6.52. The SMILES string of the molecule is Cc1cccc(C2=[N+]([O-])c3cc(Cl)ccc3C2=O)c1. The Hall–Kier alpha value is -2.13. The molecule has 2 aromatic rings. The number of Topliss-reactive ketones (excluding diaryl/α,β-unsaturated/α-hetero) is 1. The molecule has 0 amide bonds. The lowest BCUT2D eigenvalue weighted by atomic mass is 10.0. The van der Waals surface area contributed by atoms with Gasteiger partial charge in [-0.25, -0.2) is 0 Å². The summed E-state index contributed by atoms with van der Waals surface area (Å²) in [6.45, 7) is 1.92. The molecule has 0 fully saturated rings. The predicted molar refractivity (Wildman–Crippen MR) is 74.4 cm³/mol. The molecule has 0 spiro atoms. The molecule has 3 rings (SSSR count). The minimum absolute atomic E-state index is 0.154. The maximum Gasteiger partial charge on any atom is 0.272 e. The summed E-state index contributed by atoms with van der Waals surface area (Å²) in [4.78, 5) is 12.3. The monoisotopic (exact) mass is 271 g/mol. The maximum absolute atomic E-state index is 12.3. The quantitative estimate of drug-likeness (QED) is 0.589. The molecule has 0 aromatic heterocycles. The van der Waals surface area contributed by atoms with Gasteiger partial charge in [-0.15, -0.1) is 0 Å². The lowest BCUT2D eigenvalue weighted by Crippen LogP contribution is -2.16. The van der Waals surface area contributed by atoms with Crippen molar-refractivity contribution in [3.05, 3.63) is 69.4 Å². The first kappa shape index (κ1) is 11.9. The van der Waals surface area contributed by atoms with Gasteiger partial charge in [-0.3, -0.25) is 4.79 Å². The molecule has 94 valence electrons. The van der Waals surface area contributed by atoms with Crippen molar-refractivity contribution in [3.8, 4) is 0 Å². The molecule has 0 saturated heterocycles. The molecule has 19 heavy (non-hydrogen) atoms. The molecule has 0 unspecified atom stereocenters. The Balaban J connectivity index is 2.22. The molecular formula is C15H10ClNO2. The number of carbonyl (C=O) groups excluding carboxylic acids is 1. The summed E-state index contributed by atoms with van der Waals surface area (Å²) >= 11 is 5.87. The van der Waals surface area contributed by atoms with Crippen molar-refractivity contribution < 1.29 is 9.53 Å². The van der Waals surface area contributed by atoms with Gasteiger partial charge in [-0.05, 0) is 31.2 Å². The van der Waals surface area contributed by atoms with Crippen LogP contribution < -0.4 is 0 Å². The van der Waals surface area contributed by atoms with E-state index in [1.807, 2.05) is 25.1 Å². The molecule has 4 heteroatoms. The zero-order valence-corrected chi connectivity index (χ0v) is 10.9. The summed E-state index contributed by atoms with van der Waals surface area (Å²) < 4.78 is 0.665. The smallest absolute Gasteiger partial charge is 0.272 e. The Morgan fingerprint density at radius 3 is 2.68 bits per heavy atom. The molecule has 0 bridgehead atoms. The number of fused-ring (bicyclic) bond motifs is 1. The van der Waals surface area contributed by atoms with Crippen molar-refractivity contribution in [1.82, 2.24) is 0 Å². The van der Waals surface area contributed by atoms with E-state index >= 15 is 0 Å². The highest BCUT2D eigenvalue weighted by atomic mass is 35.5. The lowest BCUT2D eigenvalue weighted by molar-refractivity contribution is -0.355. The number of carbonyl (C=O) groups is 1. The van der Waals surface area contributed by atoms with Gasteiger partial charge in [0.2, 0.25) is 5.69 Å². The average Bonchev–Trinajstić information content (AvgIpc) is 2.61. The average molecular weight is 272 g/mol. The van der Waals surface area contributed by atoms with Gasteiger partial charge in [0.05, 0.1) is 5.56 Å². The van der Waals surface area contributed by atoms with E-state index in [0.29, 0.717) is 26.6 Å². The van der Waals surface area contributed by atoms with E-state index in [4.69, 9.17) is 11.6 Å². The molecule has 3 nitrogen and oxygen atoms in total. The first-order valence-corrected chi connectivity index (χ1v) is 6.21. The van der Waals surface area contributed by atoms with Crippen LogP contribution in [0.3, 0.4) is 0 Å². The zero-order chi connectivity index (χ0) is 13.6. The van der Waals surface area contributed by atoms with Crippen LogP contribution in [-0.4, -0.2) is 16.2 Å². The number of halogens is 1. The zero-order valence-electron chi connectivity index (χ0n) is 10.2. The van der Waals surface area contributed by atoms with E-state index in [1.165, 1.54) is 6.07 Å². The van der Waals surface area contributed by atoms with Crippen molar-refractivity contribution in [3.63, 3.8) is 0 Å². The van der Waals surface area contributed by atoms with Gasteiger partial charge < -0.3 is 5.21 Å². The van der Waals surface area contributed by atoms with Gasteiger partial charge in [0, 0.05) is 11.1 Å². The molecule has 1 heterocycles. The van der Waals surface area contributed by atoms with Crippen LogP contribution in [0.5, 0.6) is 0 Å². The number of hydrogen-bond donors (Lipinski definition) is 0. The highest BCUT2D eigenvalue weighted by Gasteiger charge is 2.36. The topological polar surface area (TPSA) is 43.1 Å². The lowest BCUT2D eigenvalue weighted by Gasteiger charge is -2.02. The van der Waals surface area contributed by atoms with Crippen LogP contribution in [0.15, 0.2) is 42.5 Å². The minimum Gasteiger partial charge on any atom is -0.618 e. The molecule has 0 atom stereocenters. The van der Waals surface area contributed by atoms with Crippen LogP contribution in [0.1, 0.15) is 21.5 Å². The van der Waals surface area contributed by atoms with Gasteiger partial charge in [0.25, 0.3) is 11.5 Å². The number of nitrogens with zero attached hydrogens (tertiary/aromatic N) is 1. The van der Waals surface area contributed by atoms with Crippen LogP contribution >= 0.6 is 11.6 Å². The summed E-state index contributed by atoms with van der Waals surface area (Å²) in [5.74, 6) is -0.257. The molecule has 0 radical (unpaired) electrons. The van der Waals surface area contributed by atoms with Crippen LogP contribution in [0.4, 0.5) is 5.69 Å². The predicted octanol–water partition coefficient (Wildman–Crippen LogP) is 3.48. The number of benzene rings is 2. The van der Waals surface area contributed by atoms with Gasteiger partial charge in [-0.1, -0.05) is 29.3 Å². The number of aryl methyl sites for hydroxylation is 1. The Morgan fingerprint density at radius 1 is 1.16 bits per heavy atom. The van der Waals surface area contributed by atoms with E-state index in [-0.39, 0.29) is 11.5 Å². The summed E-state index contributed by atoms with van der Waals surface area (Å²) in [5.41, 5.74) is 2.50. The third kappa shape index (κ3) is 1.83. The third-order valence-electron chi connectivity index (χ3n) is 3.13. The van der Waals surface area contributed by atoms with E-state index in [0.717, 1.165) is 5.56 Å². The van der Waals surface area contributed by atoms with Crippen LogP contribution in [0.25, 0.3) is 0 Å². The largest absolute Gasteiger partial charge is 0.618 e. The van der Waals surface area contributed by atoms with Crippen molar-refractivity contribution in [2.24, 2.45) is 0 Å². The Kier molecular flexibility index (Phi) is 2.64. The summed E-state index contributed by atoms with van der Waals surface area (Å²) in [6, 6.07) is 12.1. The van der Waals surface area contributed by atoms with Crippen molar-refractivity contribution in [1.29, 1.82) is 0 Å². The fraction of sp³-hybridized carbons (Fsp3) is 0.0667. The number of ketones is 1. The summed E-state index contributed by atoms with van der Waals surface area (Å²) in [6.07, 6.45) is 0. The van der Waals surface area contributed by atoms with Crippen LogP contribution in [0, 0.1) is 12.1 Å². The second-order valence-electron chi connectivity index (χ2n) is 4.50. The fourth-order valence-corrected chi connectivity index (χ4v) is 2.41. The normalized spacial score (nSPS) is 13.9. The van der Waals surface area contributed by atoms with Crippen LogP contribution in [-0.2, 0) is 0 Å². The molecule has 2 aromatic carbocycles. The molecule has 0 saturated carbocycles. The molecule has 1 aliphatic heterocycles.